The molecule has 0 unspecified atom stereocenters. The van der Waals surface area contributed by atoms with Gasteiger partial charge in [0.1, 0.15) is 6.04 Å². The van der Waals surface area contributed by atoms with E-state index in [1.165, 1.54) is 4.90 Å². The predicted octanol–water partition coefficient (Wildman–Crippen LogP) is 5.73. The van der Waals surface area contributed by atoms with Crippen LogP contribution in [-0.4, -0.2) is 29.7 Å². The van der Waals surface area contributed by atoms with Crippen LogP contribution in [0.15, 0.2) is 91.0 Å². The van der Waals surface area contributed by atoms with E-state index in [2.05, 4.69) is 18.2 Å². The van der Waals surface area contributed by atoms with Gasteiger partial charge in [-0.3, -0.25) is 14.4 Å². The molecular weight excluding hydrogens is 472 g/mol. The Labute approximate surface area is 221 Å². The highest BCUT2D eigenvalue weighted by molar-refractivity contribution is 6.26. The zero-order valence-electron chi connectivity index (χ0n) is 21.2. The van der Waals surface area contributed by atoms with Gasteiger partial charge in [-0.25, -0.2) is 4.90 Å². The lowest BCUT2D eigenvalue weighted by Gasteiger charge is -2.37. The Morgan fingerprint density at radius 2 is 1.47 bits per heavy atom. The maximum Gasteiger partial charge on any atom is 0.240 e. The number of Topliss-reactive ketones (excluding diaryl/α,β-unsaturated/α-hetero) is 1. The van der Waals surface area contributed by atoms with Gasteiger partial charge in [0.25, 0.3) is 0 Å². The fraction of sp³-hybridized carbons (Fsp3) is 0.182. The van der Waals surface area contributed by atoms with Gasteiger partial charge in [0.05, 0.1) is 23.6 Å². The van der Waals surface area contributed by atoms with Crippen LogP contribution in [0.3, 0.4) is 0 Å². The number of benzene rings is 4. The van der Waals surface area contributed by atoms with E-state index in [0.29, 0.717) is 11.3 Å². The average Bonchev–Trinajstić information content (AvgIpc) is 3.41. The van der Waals surface area contributed by atoms with Gasteiger partial charge in [0.2, 0.25) is 11.8 Å². The summed E-state index contributed by atoms with van der Waals surface area (Å²) in [5, 5.41) is 2.19. The minimum Gasteiger partial charge on any atom is -0.352 e. The lowest BCUT2D eigenvalue weighted by molar-refractivity contribution is -0.122. The molecule has 3 heterocycles. The van der Waals surface area contributed by atoms with Crippen molar-refractivity contribution in [1.29, 1.82) is 0 Å². The third-order valence-corrected chi connectivity index (χ3v) is 8.33. The van der Waals surface area contributed by atoms with Gasteiger partial charge in [-0.15, -0.1) is 0 Å². The predicted molar refractivity (Wildman–Crippen MR) is 149 cm³/mol. The zero-order valence-corrected chi connectivity index (χ0v) is 21.2. The molecule has 38 heavy (non-hydrogen) atoms. The summed E-state index contributed by atoms with van der Waals surface area (Å²) in [6, 6.07) is 25.9. The first kappa shape index (κ1) is 22.7. The second-order valence-corrected chi connectivity index (χ2v) is 10.5. The molecule has 3 aliphatic heterocycles. The standard InChI is InChI=1S/C33H26N2O3/c1-19-12-15-25(20(2)18-19)35-32(37)28-27-17-14-24-23-11-7-6-8-21(23)13-16-26(24)34(27)30(29(28)33(35)38)31(36)22-9-4-3-5-10-22/h3-18,27-30H,1-2H3/t27-,28+,29+,30+/m1/s1. The Balaban J connectivity index is 1.41. The van der Waals surface area contributed by atoms with E-state index in [-0.39, 0.29) is 17.6 Å². The summed E-state index contributed by atoms with van der Waals surface area (Å²) in [5.74, 6) is -2.09. The molecule has 0 spiro atoms. The van der Waals surface area contributed by atoms with Gasteiger partial charge in [0.15, 0.2) is 5.78 Å². The van der Waals surface area contributed by atoms with E-state index in [1.807, 2.05) is 85.5 Å². The van der Waals surface area contributed by atoms with Gasteiger partial charge in [-0.1, -0.05) is 90.5 Å². The third-order valence-electron chi connectivity index (χ3n) is 8.33. The molecule has 5 heteroatoms. The van der Waals surface area contributed by atoms with Crippen molar-refractivity contribution < 1.29 is 14.4 Å². The molecule has 3 aliphatic rings. The van der Waals surface area contributed by atoms with Crippen LogP contribution in [-0.2, 0) is 9.59 Å². The summed E-state index contributed by atoms with van der Waals surface area (Å²) in [7, 11) is 0. The van der Waals surface area contributed by atoms with Crippen molar-refractivity contribution in [3.63, 3.8) is 0 Å². The number of amides is 2. The van der Waals surface area contributed by atoms with Gasteiger partial charge < -0.3 is 4.90 Å². The summed E-state index contributed by atoms with van der Waals surface area (Å²) in [6.07, 6.45) is 4.07. The van der Waals surface area contributed by atoms with E-state index in [9.17, 15) is 14.4 Å². The van der Waals surface area contributed by atoms with E-state index in [1.54, 1.807) is 12.1 Å². The van der Waals surface area contributed by atoms with Crippen molar-refractivity contribution >= 4 is 45.8 Å². The van der Waals surface area contributed by atoms with Crippen molar-refractivity contribution in [2.75, 3.05) is 9.80 Å². The Kier molecular flexibility index (Phi) is 4.92. The highest BCUT2D eigenvalue weighted by Crippen LogP contribution is 2.51. The lowest BCUT2D eigenvalue weighted by atomic mass is 9.86. The highest BCUT2D eigenvalue weighted by Gasteiger charge is 2.64. The van der Waals surface area contributed by atoms with E-state index in [0.717, 1.165) is 33.2 Å². The monoisotopic (exact) mass is 498 g/mol. The molecule has 5 nitrogen and oxygen atoms in total. The fourth-order valence-electron chi connectivity index (χ4n) is 6.69. The maximum atomic E-state index is 14.2. The molecule has 0 bridgehead atoms. The first-order chi connectivity index (χ1) is 18.5. The normalized spacial score (nSPS) is 23.5. The number of imide groups is 1. The average molecular weight is 499 g/mol. The van der Waals surface area contributed by atoms with Crippen LogP contribution in [0.5, 0.6) is 0 Å². The number of fused-ring (bicyclic) bond motifs is 7. The van der Waals surface area contributed by atoms with Crippen LogP contribution < -0.4 is 9.80 Å². The van der Waals surface area contributed by atoms with Crippen LogP contribution in [0, 0.1) is 25.7 Å². The first-order valence-electron chi connectivity index (χ1n) is 13.0. The van der Waals surface area contributed by atoms with E-state index in [4.69, 9.17) is 0 Å². The van der Waals surface area contributed by atoms with Gasteiger partial charge in [0, 0.05) is 16.8 Å². The van der Waals surface area contributed by atoms with Crippen molar-refractivity contribution in [2.45, 2.75) is 25.9 Å². The third kappa shape index (κ3) is 3.08. The van der Waals surface area contributed by atoms with Crippen molar-refractivity contribution in [1.82, 2.24) is 0 Å². The van der Waals surface area contributed by atoms with Crippen LogP contribution in [0.4, 0.5) is 11.4 Å². The Hall–Kier alpha value is -4.51. The van der Waals surface area contributed by atoms with Gasteiger partial charge in [-0.05, 0) is 42.3 Å². The quantitative estimate of drug-likeness (QED) is 0.267. The number of hydrogen-bond donors (Lipinski definition) is 0. The molecule has 2 saturated heterocycles. The molecule has 2 fully saturated rings. The van der Waals surface area contributed by atoms with Gasteiger partial charge >= 0.3 is 0 Å². The lowest BCUT2D eigenvalue weighted by Crippen LogP contribution is -2.49. The Morgan fingerprint density at radius 3 is 2.26 bits per heavy atom. The molecule has 0 N–H and O–H groups in total. The SMILES string of the molecule is Cc1ccc(N2C(=O)[C@@H]3[C@H](C2=O)[C@@H](C(=O)c2ccccc2)N2c4ccc5ccccc5c4C=C[C@H]32)c(C)c1. The second-order valence-electron chi connectivity index (χ2n) is 10.5. The minimum absolute atomic E-state index is 0.138. The number of rotatable bonds is 3. The van der Waals surface area contributed by atoms with Crippen molar-refractivity contribution in [3.8, 4) is 0 Å². The maximum absolute atomic E-state index is 14.2. The molecule has 4 aromatic carbocycles. The number of hydrogen-bond acceptors (Lipinski definition) is 4. The number of carbonyl (C=O) groups excluding carboxylic acids is 3. The molecule has 2 amide bonds. The summed E-state index contributed by atoms with van der Waals surface area (Å²) in [5.41, 5.74) is 4.97. The Morgan fingerprint density at radius 1 is 0.763 bits per heavy atom. The first-order valence-corrected chi connectivity index (χ1v) is 13.0. The van der Waals surface area contributed by atoms with Crippen LogP contribution in [0.2, 0.25) is 0 Å². The summed E-state index contributed by atoms with van der Waals surface area (Å²) in [4.78, 5) is 45.8. The largest absolute Gasteiger partial charge is 0.352 e. The van der Waals surface area contributed by atoms with Crippen molar-refractivity contribution in [2.24, 2.45) is 11.8 Å². The molecule has 0 radical (unpaired) electrons. The molecule has 4 atom stereocenters. The number of anilines is 2. The number of aryl methyl sites for hydroxylation is 2. The van der Waals surface area contributed by atoms with Crippen LogP contribution in [0.1, 0.15) is 27.0 Å². The number of nitrogens with zero attached hydrogens (tertiary/aromatic N) is 2. The molecule has 0 saturated carbocycles. The fourth-order valence-corrected chi connectivity index (χ4v) is 6.69. The Bertz CT molecular complexity index is 1690. The van der Waals surface area contributed by atoms with Crippen LogP contribution in [0.25, 0.3) is 16.8 Å². The number of carbonyl (C=O) groups is 3. The van der Waals surface area contributed by atoms with Gasteiger partial charge in [-0.2, -0.15) is 0 Å². The summed E-state index contributed by atoms with van der Waals surface area (Å²) in [6.45, 7) is 3.90. The second kappa shape index (κ2) is 8.25. The van der Waals surface area contributed by atoms with E-state index < -0.39 is 23.9 Å². The molecule has 0 aromatic heterocycles. The molecular formula is C33H26N2O3. The minimum atomic E-state index is -0.788. The summed E-state index contributed by atoms with van der Waals surface area (Å²) < 4.78 is 0. The smallest absolute Gasteiger partial charge is 0.240 e. The zero-order chi connectivity index (χ0) is 26.1. The van der Waals surface area contributed by atoms with Crippen LogP contribution >= 0.6 is 0 Å². The number of ketones is 1. The molecule has 4 aromatic rings. The summed E-state index contributed by atoms with van der Waals surface area (Å²) >= 11 is 0. The topological polar surface area (TPSA) is 57.7 Å². The molecule has 186 valence electrons. The van der Waals surface area contributed by atoms with Crippen molar-refractivity contribution in [3.05, 3.63) is 113 Å². The molecule has 0 aliphatic carbocycles. The van der Waals surface area contributed by atoms with E-state index >= 15 is 0 Å². The molecule has 7 rings (SSSR count). The highest BCUT2D eigenvalue weighted by atomic mass is 16.2.